The van der Waals surface area contributed by atoms with Gasteiger partial charge >= 0.3 is 0 Å². The topological polar surface area (TPSA) is 27.7 Å². The molecule has 4 heteroatoms. The Morgan fingerprint density at radius 1 is 1.19 bits per heavy atom. The molecule has 0 spiro atoms. The Balaban J connectivity index is 1.56. The van der Waals surface area contributed by atoms with Gasteiger partial charge in [0.1, 0.15) is 5.75 Å². The summed E-state index contributed by atoms with van der Waals surface area (Å²) in [4.78, 5) is 5.29. The van der Waals surface area contributed by atoms with Gasteiger partial charge < -0.3 is 10.1 Å². The number of piperazine rings is 3. The third kappa shape index (κ3) is 3.39. The lowest BCUT2D eigenvalue weighted by atomic mass is 9.94. The van der Waals surface area contributed by atoms with Crippen molar-refractivity contribution in [3.63, 3.8) is 0 Å². The molecule has 0 aromatic heterocycles. The van der Waals surface area contributed by atoms with Crippen LogP contribution in [0.15, 0.2) is 24.3 Å². The first-order chi connectivity index (χ1) is 10.3. The second-order valence-electron chi connectivity index (χ2n) is 6.19. The molecule has 1 aromatic rings. The van der Waals surface area contributed by atoms with E-state index in [9.17, 15) is 0 Å². The lowest BCUT2D eigenvalue weighted by molar-refractivity contribution is -0.00326. The number of fused-ring (bicyclic) bond motifs is 3. The van der Waals surface area contributed by atoms with Crippen LogP contribution in [0.3, 0.4) is 0 Å². The lowest BCUT2D eigenvalue weighted by Crippen LogP contribution is -2.66. The number of ether oxygens (including phenoxy) is 1. The van der Waals surface area contributed by atoms with Crippen molar-refractivity contribution in [2.75, 3.05) is 46.9 Å². The summed E-state index contributed by atoms with van der Waals surface area (Å²) >= 11 is 0. The molecule has 21 heavy (non-hydrogen) atoms. The highest BCUT2D eigenvalue weighted by atomic mass is 16.5. The van der Waals surface area contributed by atoms with E-state index < -0.39 is 0 Å². The number of benzene rings is 1. The van der Waals surface area contributed by atoms with Crippen molar-refractivity contribution < 1.29 is 4.74 Å². The number of rotatable bonds is 6. The van der Waals surface area contributed by atoms with Crippen LogP contribution in [0.2, 0.25) is 0 Å². The summed E-state index contributed by atoms with van der Waals surface area (Å²) in [5.74, 6) is 0.937. The quantitative estimate of drug-likeness (QED) is 0.852. The fourth-order valence-electron chi connectivity index (χ4n) is 3.68. The number of nitrogens with one attached hydrogen (secondary N) is 1. The van der Waals surface area contributed by atoms with Gasteiger partial charge in [-0.25, -0.2) is 0 Å². The summed E-state index contributed by atoms with van der Waals surface area (Å²) in [5, 5.41) is 3.56. The van der Waals surface area contributed by atoms with Gasteiger partial charge in [-0.1, -0.05) is 12.1 Å². The number of likely N-dealkylation sites (N-methyl/N-ethyl adjacent to an activating group) is 1. The Kier molecular flexibility index (Phi) is 4.78. The number of methoxy groups -OCH3 is 1. The van der Waals surface area contributed by atoms with Crippen molar-refractivity contribution in [3.05, 3.63) is 29.8 Å². The summed E-state index contributed by atoms with van der Waals surface area (Å²) < 4.78 is 5.22. The Morgan fingerprint density at radius 2 is 1.90 bits per heavy atom. The first-order valence-electron chi connectivity index (χ1n) is 8.07. The zero-order valence-corrected chi connectivity index (χ0v) is 13.2. The van der Waals surface area contributed by atoms with E-state index >= 15 is 0 Å². The van der Waals surface area contributed by atoms with Gasteiger partial charge in [0.2, 0.25) is 0 Å². The summed E-state index contributed by atoms with van der Waals surface area (Å²) in [6.45, 7) is 6.22. The van der Waals surface area contributed by atoms with Crippen LogP contribution in [0.1, 0.15) is 12.0 Å². The van der Waals surface area contributed by atoms with Crippen LogP contribution in [0.4, 0.5) is 0 Å². The first-order valence-corrected chi connectivity index (χ1v) is 8.07. The van der Waals surface area contributed by atoms with Crippen LogP contribution in [0.25, 0.3) is 0 Å². The summed E-state index contributed by atoms with van der Waals surface area (Å²) in [7, 11) is 3.82. The predicted molar refractivity (Wildman–Crippen MR) is 86.0 cm³/mol. The molecule has 2 unspecified atom stereocenters. The summed E-state index contributed by atoms with van der Waals surface area (Å²) in [6, 6.07) is 9.74. The molecule has 4 nitrogen and oxygen atoms in total. The van der Waals surface area contributed by atoms with Crippen molar-refractivity contribution in [2.45, 2.75) is 24.9 Å². The smallest absolute Gasteiger partial charge is 0.118 e. The van der Waals surface area contributed by atoms with Crippen molar-refractivity contribution >= 4 is 0 Å². The van der Waals surface area contributed by atoms with Crippen LogP contribution in [0.5, 0.6) is 5.75 Å². The molecule has 116 valence electrons. The fourth-order valence-corrected chi connectivity index (χ4v) is 3.68. The van der Waals surface area contributed by atoms with E-state index in [-0.39, 0.29) is 0 Å². The van der Waals surface area contributed by atoms with Gasteiger partial charge in [-0.05, 0) is 37.6 Å². The van der Waals surface area contributed by atoms with Gasteiger partial charge in [0.15, 0.2) is 0 Å². The van der Waals surface area contributed by atoms with Gasteiger partial charge in [0, 0.05) is 44.8 Å². The highest BCUT2D eigenvalue weighted by Crippen LogP contribution is 2.21. The molecule has 3 aliphatic heterocycles. The molecule has 3 saturated heterocycles. The first kappa shape index (κ1) is 14.8. The molecule has 1 aromatic carbocycles. The number of aryl methyl sites for hydroxylation is 1. The van der Waals surface area contributed by atoms with Crippen molar-refractivity contribution in [1.29, 1.82) is 0 Å². The van der Waals surface area contributed by atoms with Gasteiger partial charge in [-0.15, -0.1) is 0 Å². The molecule has 3 fully saturated rings. The van der Waals surface area contributed by atoms with Gasteiger partial charge in [0.05, 0.1) is 7.11 Å². The zero-order valence-electron chi connectivity index (χ0n) is 13.2. The van der Waals surface area contributed by atoms with Crippen LogP contribution in [-0.2, 0) is 6.42 Å². The molecule has 2 atom stereocenters. The third-order valence-corrected chi connectivity index (χ3v) is 5.06. The lowest BCUT2D eigenvalue weighted by Gasteiger charge is -2.50. The minimum absolute atomic E-state index is 0.579. The van der Waals surface area contributed by atoms with E-state index in [4.69, 9.17) is 4.74 Å². The normalized spacial score (nSPS) is 29.3. The largest absolute Gasteiger partial charge is 0.497 e. The second kappa shape index (κ2) is 6.77. The Bertz CT molecular complexity index is 440. The standard InChI is InChI=1S/C17H27N3O/c1-18-16(17-13-19-9-11-20(17)12-10-19)8-5-14-3-6-15(21-2)7-4-14/h3-4,6-7,16-18H,5,8-13H2,1-2H3. The van der Waals surface area contributed by atoms with Crippen LogP contribution < -0.4 is 10.1 Å². The van der Waals surface area contributed by atoms with E-state index in [1.165, 1.54) is 44.7 Å². The summed E-state index contributed by atoms with van der Waals surface area (Å²) in [5.41, 5.74) is 1.40. The maximum absolute atomic E-state index is 5.22. The van der Waals surface area contributed by atoms with E-state index in [0.29, 0.717) is 12.1 Å². The van der Waals surface area contributed by atoms with E-state index in [1.807, 2.05) is 0 Å². The highest BCUT2D eigenvalue weighted by Gasteiger charge is 2.35. The van der Waals surface area contributed by atoms with Crippen LogP contribution >= 0.6 is 0 Å². The monoisotopic (exact) mass is 289 g/mol. The van der Waals surface area contributed by atoms with E-state index in [2.05, 4.69) is 46.4 Å². The zero-order chi connectivity index (χ0) is 14.7. The molecule has 0 saturated carbocycles. The molecular formula is C17H27N3O. The van der Waals surface area contributed by atoms with Gasteiger partial charge in [-0.3, -0.25) is 9.80 Å². The van der Waals surface area contributed by atoms with Crippen molar-refractivity contribution in [3.8, 4) is 5.75 Å². The molecule has 3 heterocycles. The third-order valence-electron chi connectivity index (χ3n) is 5.06. The second-order valence-corrected chi connectivity index (χ2v) is 6.19. The average molecular weight is 289 g/mol. The molecular weight excluding hydrogens is 262 g/mol. The molecule has 4 rings (SSSR count). The molecule has 0 aliphatic carbocycles. The minimum atomic E-state index is 0.579. The number of hydrogen-bond donors (Lipinski definition) is 1. The van der Waals surface area contributed by atoms with Crippen LogP contribution in [0, 0.1) is 0 Å². The Labute approximate surface area is 128 Å². The predicted octanol–water partition coefficient (Wildman–Crippen LogP) is 1.22. The van der Waals surface area contributed by atoms with Crippen LogP contribution in [-0.4, -0.2) is 68.8 Å². The maximum atomic E-state index is 5.22. The summed E-state index contributed by atoms with van der Waals surface area (Å²) in [6.07, 6.45) is 2.32. The Hall–Kier alpha value is -1.10. The average Bonchev–Trinajstić information content (AvgIpc) is 2.57. The molecule has 1 N–H and O–H groups in total. The Morgan fingerprint density at radius 3 is 2.43 bits per heavy atom. The number of hydrogen-bond acceptors (Lipinski definition) is 4. The van der Waals surface area contributed by atoms with Gasteiger partial charge in [0.25, 0.3) is 0 Å². The molecule has 3 aliphatic rings. The van der Waals surface area contributed by atoms with E-state index in [0.717, 1.165) is 12.2 Å². The molecule has 2 bridgehead atoms. The number of nitrogens with zero attached hydrogens (tertiary/aromatic N) is 2. The van der Waals surface area contributed by atoms with Crippen molar-refractivity contribution in [2.24, 2.45) is 0 Å². The van der Waals surface area contributed by atoms with Gasteiger partial charge in [-0.2, -0.15) is 0 Å². The van der Waals surface area contributed by atoms with E-state index in [1.54, 1.807) is 7.11 Å². The fraction of sp³-hybridized carbons (Fsp3) is 0.647. The maximum Gasteiger partial charge on any atom is 0.118 e. The molecule has 0 radical (unpaired) electrons. The SMILES string of the molecule is CNC(CCc1ccc(OC)cc1)C1CN2CCN1CC2. The van der Waals surface area contributed by atoms with Crippen molar-refractivity contribution in [1.82, 2.24) is 15.1 Å². The highest BCUT2D eigenvalue weighted by molar-refractivity contribution is 5.27. The minimum Gasteiger partial charge on any atom is -0.497 e. The molecule has 0 amide bonds.